The summed E-state index contributed by atoms with van der Waals surface area (Å²) in [6.45, 7) is 6.24. The zero-order valence-corrected chi connectivity index (χ0v) is 13.2. The highest BCUT2D eigenvalue weighted by Gasteiger charge is 2.23. The van der Waals surface area contributed by atoms with E-state index in [1.165, 1.54) is 0 Å². The molecular weight excluding hydrogens is 280 g/mol. The van der Waals surface area contributed by atoms with Crippen molar-refractivity contribution in [1.29, 1.82) is 0 Å². The van der Waals surface area contributed by atoms with Crippen LogP contribution in [0.1, 0.15) is 26.2 Å². The Kier molecular flexibility index (Phi) is 6.24. The summed E-state index contributed by atoms with van der Waals surface area (Å²) in [7, 11) is 0. The van der Waals surface area contributed by atoms with Gasteiger partial charge in [0.1, 0.15) is 0 Å². The zero-order valence-electron chi connectivity index (χ0n) is 13.2. The minimum atomic E-state index is -0.214. The van der Waals surface area contributed by atoms with Gasteiger partial charge in [-0.05, 0) is 25.7 Å². The molecule has 1 saturated heterocycles. The van der Waals surface area contributed by atoms with Gasteiger partial charge >= 0.3 is 0 Å². The molecule has 22 heavy (non-hydrogen) atoms. The highest BCUT2D eigenvalue weighted by molar-refractivity contribution is 5.80. The number of guanidine groups is 1. The Morgan fingerprint density at radius 3 is 3.09 bits per heavy atom. The number of likely N-dealkylation sites (tertiary alicyclic amines) is 1. The third-order valence-corrected chi connectivity index (χ3v) is 3.82. The fourth-order valence-corrected chi connectivity index (χ4v) is 2.82. The van der Waals surface area contributed by atoms with Crippen LogP contribution < -0.4 is 11.1 Å². The van der Waals surface area contributed by atoms with E-state index in [1.807, 2.05) is 10.8 Å². The number of primary amides is 1. The Bertz CT molecular complexity index is 484. The van der Waals surface area contributed by atoms with E-state index in [-0.39, 0.29) is 5.91 Å². The van der Waals surface area contributed by atoms with Crippen LogP contribution >= 0.6 is 0 Å². The standard InChI is InChI=1S/C15H26N6O/c1-2-18-15(19-6-9-20-8-5-17-12-20)21-7-3-4-13(11-21)10-14(16)22/h5,8,12-13H,2-4,6-7,9-11H2,1H3,(H2,16,22)(H,18,19). The van der Waals surface area contributed by atoms with Gasteiger partial charge < -0.3 is 20.5 Å². The molecule has 1 fully saturated rings. The van der Waals surface area contributed by atoms with Gasteiger partial charge in [-0.3, -0.25) is 9.79 Å². The summed E-state index contributed by atoms with van der Waals surface area (Å²) in [5.41, 5.74) is 5.33. The number of nitrogens with zero attached hydrogens (tertiary/aromatic N) is 4. The smallest absolute Gasteiger partial charge is 0.217 e. The average molecular weight is 306 g/mol. The Morgan fingerprint density at radius 1 is 1.55 bits per heavy atom. The SMILES string of the molecule is CCNC(=NCCn1ccnc1)N1CCCC(CC(N)=O)C1. The van der Waals surface area contributed by atoms with Crippen LogP contribution in [0, 0.1) is 5.92 Å². The lowest BCUT2D eigenvalue weighted by Gasteiger charge is -2.34. The zero-order chi connectivity index (χ0) is 15.8. The second-order valence-electron chi connectivity index (χ2n) is 5.66. The maximum absolute atomic E-state index is 11.1. The minimum absolute atomic E-state index is 0.214. The maximum Gasteiger partial charge on any atom is 0.217 e. The van der Waals surface area contributed by atoms with E-state index >= 15 is 0 Å². The molecule has 0 aromatic carbocycles. The van der Waals surface area contributed by atoms with Gasteiger partial charge in [-0.1, -0.05) is 0 Å². The van der Waals surface area contributed by atoms with E-state index < -0.39 is 0 Å². The number of aromatic nitrogens is 2. The molecule has 2 rings (SSSR count). The van der Waals surface area contributed by atoms with Crippen LogP contribution in [0.5, 0.6) is 0 Å². The van der Waals surface area contributed by atoms with E-state index in [2.05, 4.69) is 22.1 Å². The van der Waals surface area contributed by atoms with Gasteiger partial charge in [-0.2, -0.15) is 0 Å². The van der Waals surface area contributed by atoms with Crippen LogP contribution in [-0.2, 0) is 11.3 Å². The predicted molar refractivity (Wildman–Crippen MR) is 86.3 cm³/mol. The second-order valence-corrected chi connectivity index (χ2v) is 5.66. The molecule has 1 atom stereocenters. The number of aliphatic imine (C=N–C) groups is 1. The Labute approximate surface area is 131 Å². The molecule has 3 N–H and O–H groups in total. The number of hydrogen-bond acceptors (Lipinski definition) is 3. The van der Waals surface area contributed by atoms with Gasteiger partial charge in [0, 0.05) is 45.0 Å². The van der Waals surface area contributed by atoms with Crippen molar-refractivity contribution in [2.45, 2.75) is 32.7 Å². The number of nitrogens with one attached hydrogen (secondary N) is 1. The Morgan fingerprint density at radius 2 is 2.41 bits per heavy atom. The first-order valence-electron chi connectivity index (χ1n) is 7.96. The lowest BCUT2D eigenvalue weighted by Crippen LogP contribution is -2.47. The molecule has 122 valence electrons. The molecule has 0 aliphatic carbocycles. The van der Waals surface area contributed by atoms with Crippen LogP contribution in [0.4, 0.5) is 0 Å². The number of nitrogens with two attached hydrogens (primary N) is 1. The summed E-state index contributed by atoms with van der Waals surface area (Å²) in [5.74, 6) is 1.05. The molecule has 2 heterocycles. The van der Waals surface area contributed by atoms with Gasteiger partial charge in [0.25, 0.3) is 0 Å². The molecule has 0 spiro atoms. The van der Waals surface area contributed by atoms with Crippen molar-refractivity contribution in [3.05, 3.63) is 18.7 Å². The highest BCUT2D eigenvalue weighted by atomic mass is 16.1. The van der Waals surface area contributed by atoms with Crippen LogP contribution in [0.3, 0.4) is 0 Å². The van der Waals surface area contributed by atoms with Gasteiger partial charge in [0.05, 0.1) is 12.9 Å². The fraction of sp³-hybridized carbons (Fsp3) is 0.667. The number of carbonyl (C=O) groups is 1. The molecule has 1 aliphatic rings. The molecule has 0 saturated carbocycles. The first kappa shape index (κ1) is 16.3. The summed E-state index contributed by atoms with van der Waals surface area (Å²) in [6, 6.07) is 0. The molecule has 1 aromatic rings. The Hall–Kier alpha value is -2.05. The second kappa shape index (κ2) is 8.41. The molecule has 7 nitrogen and oxygen atoms in total. The van der Waals surface area contributed by atoms with E-state index in [0.29, 0.717) is 18.9 Å². The van der Waals surface area contributed by atoms with Gasteiger partial charge in [-0.25, -0.2) is 4.98 Å². The molecule has 0 bridgehead atoms. The van der Waals surface area contributed by atoms with Gasteiger partial charge in [0.15, 0.2) is 5.96 Å². The largest absolute Gasteiger partial charge is 0.370 e. The first-order chi connectivity index (χ1) is 10.7. The van der Waals surface area contributed by atoms with Crippen LogP contribution in [0.15, 0.2) is 23.7 Å². The molecule has 1 amide bonds. The predicted octanol–water partition coefficient (Wildman–Crippen LogP) is 0.436. The van der Waals surface area contributed by atoms with Crippen molar-refractivity contribution >= 4 is 11.9 Å². The summed E-state index contributed by atoms with van der Waals surface area (Å²) in [4.78, 5) is 22.1. The molecule has 1 unspecified atom stereocenters. The van der Waals surface area contributed by atoms with Crippen molar-refractivity contribution in [2.75, 3.05) is 26.2 Å². The number of amides is 1. The number of hydrogen-bond donors (Lipinski definition) is 2. The number of carbonyl (C=O) groups excluding carboxylic acids is 1. The summed E-state index contributed by atoms with van der Waals surface area (Å²) < 4.78 is 2.01. The lowest BCUT2D eigenvalue weighted by molar-refractivity contribution is -0.119. The van der Waals surface area contributed by atoms with E-state index in [1.54, 1.807) is 12.5 Å². The molecule has 0 radical (unpaired) electrons. The van der Waals surface area contributed by atoms with Crippen LogP contribution in [0.2, 0.25) is 0 Å². The van der Waals surface area contributed by atoms with Crippen molar-refractivity contribution in [3.63, 3.8) is 0 Å². The van der Waals surface area contributed by atoms with Crippen LogP contribution in [0.25, 0.3) is 0 Å². The summed E-state index contributed by atoms with van der Waals surface area (Å²) >= 11 is 0. The highest BCUT2D eigenvalue weighted by Crippen LogP contribution is 2.19. The number of imidazole rings is 1. The normalized spacial score (nSPS) is 19.2. The Balaban J connectivity index is 1.92. The molecule has 1 aliphatic heterocycles. The lowest BCUT2D eigenvalue weighted by atomic mass is 9.95. The monoisotopic (exact) mass is 306 g/mol. The van der Waals surface area contributed by atoms with Crippen molar-refractivity contribution in [3.8, 4) is 0 Å². The summed E-state index contributed by atoms with van der Waals surface area (Å²) in [6.07, 6.45) is 8.11. The molecule has 7 heteroatoms. The summed E-state index contributed by atoms with van der Waals surface area (Å²) in [5, 5.41) is 3.34. The number of piperidine rings is 1. The number of rotatable bonds is 6. The first-order valence-corrected chi connectivity index (χ1v) is 7.96. The third-order valence-electron chi connectivity index (χ3n) is 3.82. The minimum Gasteiger partial charge on any atom is -0.370 e. The van der Waals surface area contributed by atoms with Crippen molar-refractivity contribution in [1.82, 2.24) is 19.8 Å². The van der Waals surface area contributed by atoms with Crippen molar-refractivity contribution < 1.29 is 4.79 Å². The molecule has 1 aromatic heterocycles. The quantitative estimate of drug-likeness (QED) is 0.589. The van der Waals surface area contributed by atoms with Gasteiger partial charge in [-0.15, -0.1) is 0 Å². The van der Waals surface area contributed by atoms with E-state index in [9.17, 15) is 4.79 Å². The maximum atomic E-state index is 11.1. The molecular formula is C15H26N6O. The van der Waals surface area contributed by atoms with Crippen molar-refractivity contribution in [2.24, 2.45) is 16.6 Å². The van der Waals surface area contributed by atoms with E-state index in [0.717, 1.165) is 45.0 Å². The van der Waals surface area contributed by atoms with E-state index in [4.69, 9.17) is 10.7 Å². The fourth-order valence-electron chi connectivity index (χ4n) is 2.82. The third kappa shape index (κ3) is 5.05. The van der Waals surface area contributed by atoms with Crippen LogP contribution in [-0.4, -0.2) is 52.5 Å². The average Bonchev–Trinajstić information content (AvgIpc) is 2.99. The van der Waals surface area contributed by atoms with Gasteiger partial charge in [0.2, 0.25) is 5.91 Å². The topological polar surface area (TPSA) is 88.5 Å².